The molecule has 0 aliphatic carbocycles. The Morgan fingerprint density at radius 2 is 1.89 bits per heavy atom. The Kier molecular flexibility index (Phi) is 7.01. The zero-order chi connectivity index (χ0) is 20.1. The van der Waals surface area contributed by atoms with E-state index in [9.17, 15) is 14.4 Å². The van der Waals surface area contributed by atoms with Crippen LogP contribution < -0.4 is 21.9 Å². The minimum absolute atomic E-state index is 0.0170. The van der Waals surface area contributed by atoms with E-state index in [1.165, 1.54) is 9.47 Å². The van der Waals surface area contributed by atoms with Crippen LogP contribution in [0.2, 0.25) is 0 Å². The predicted octanol–water partition coefficient (Wildman–Crippen LogP) is 2.98. The van der Waals surface area contributed by atoms with Crippen molar-refractivity contribution in [3.05, 3.63) is 55.1 Å². The number of aromatic amines is 1. The van der Waals surface area contributed by atoms with Gasteiger partial charge in [0, 0.05) is 23.1 Å². The summed E-state index contributed by atoms with van der Waals surface area (Å²) in [6.45, 7) is 6.57. The number of amides is 1. The molecule has 7 nitrogen and oxygen atoms in total. The first kappa shape index (κ1) is 21.0. The number of rotatable bonds is 7. The van der Waals surface area contributed by atoms with Gasteiger partial charge >= 0.3 is 5.69 Å². The molecule has 1 amide bonds. The number of aromatic nitrogens is 2. The van der Waals surface area contributed by atoms with Gasteiger partial charge in [-0.2, -0.15) is 0 Å². The third kappa shape index (κ3) is 4.88. The van der Waals surface area contributed by atoms with E-state index in [2.05, 4.69) is 20.9 Å². The number of halogens is 1. The highest BCUT2D eigenvalue weighted by Crippen LogP contribution is 2.22. The molecule has 3 N–H and O–H groups in total. The lowest BCUT2D eigenvalue weighted by Crippen LogP contribution is -2.42. The van der Waals surface area contributed by atoms with E-state index in [1.54, 1.807) is 24.3 Å². The lowest BCUT2D eigenvalue weighted by Gasteiger charge is -2.26. The molecule has 0 spiro atoms. The van der Waals surface area contributed by atoms with Crippen molar-refractivity contribution in [3.63, 3.8) is 0 Å². The molecule has 0 fully saturated rings. The predicted molar refractivity (Wildman–Crippen MR) is 111 cm³/mol. The standard InChI is InChI=1S/C19H25BrN4O3/c1-4-5-10-23-16(21)15(17(25)22-19(23)27)24(11-12(2)3)18(26)13-6-8-14(20)9-7-13/h6-9,12H,4-5,10-11,21H2,1-3H3,(H,22,25,27). The number of nitrogens with one attached hydrogen (secondary N) is 1. The van der Waals surface area contributed by atoms with E-state index >= 15 is 0 Å². The molecule has 0 atom stereocenters. The first-order chi connectivity index (χ1) is 12.8. The highest BCUT2D eigenvalue weighted by molar-refractivity contribution is 9.10. The number of carbonyl (C=O) groups is 1. The summed E-state index contributed by atoms with van der Waals surface area (Å²) in [5.41, 5.74) is 5.42. The molecule has 2 aromatic rings. The molecule has 2 rings (SSSR count). The number of benzene rings is 1. The number of nitrogens with zero attached hydrogens (tertiary/aromatic N) is 2. The molecule has 0 aliphatic rings. The Hall–Kier alpha value is -2.35. The average molecular weight is 437 g/mol. The Morgan fingerprint density at radius 3 is 2.44 bits per heavy atom. The van der Waals surface area contributed by atoms with E-state index in [4.69, 9.17) is 5.73 Å². The van der Waals surface area contributed by atoms with Gasteiger partial charge in [-0.25, -0.2) is 4.79 Å². The molecule has 0 radical (unpaired) electrons. The third-order valence-corrected chi connectivity index (χ3v) is 4.63. The van der Waals surface area contributed by atoms with Gasteiger partial charge in [-0.3, -0.25) is 19.1 Å². The molecule has 0 aliphatic heterocycles. The van der Waals surface area contributed by atoms with Crippen molar-refractivity contribution in [3.8, 4) is 0 Å². The van der Waals surface area contributed by atoms with E-state index < -0.39 is 11.2 Å². The van der Waals surface area contributed by atoms with Gasteiger partial charge in [-0.1, -0.05) is 43.1 Å². The minimum Gasteiger partial charge on any atom is -0.383 e. The number of H-pyrrole nitrogens is 1. The number of nitrogen functional groups attached to an aromatic ring is 1. The summed E-state index contributed by atoms with van der Waals surface area (Å²) >= 11 is 3.34. The van der Waals surface area contributed by atoms with Gasteiger partial charge in [0.2, 0.25) is 0 Å². The maximum Gasteiger partial charge on any atom is 0.330 e. The van der Waals surface area contributed by atoms with Gasteiger partial charge in [0.1, 0.15) is 5.82 Å². The SMILES string of the molecule is CCCCn1c(N)c(N(CC(C)C)C(=O)c2ccc(Br)cc2)c(=O)[nH]c1=O. The van der Waals surface area contributed by atoms with Crippen LogP contribution in [0.3, 0.4) is 0 Å². The highest BCUT2D eigenvalue weighted by Gasteiger charge is 2.25. The number of nitrogens with two attached hydrogens (primary N) is 1. The van der Waals surface area contributed by atoms with Crippen LogP contribution in [0.25, 0.3) is 0 Å². The maximum absolute atomic E-state index is 13.1. The first-order valence-corrected chi connectivity index (χ1v) is 9.75. The zero-order valence-corrected chi connectivity index (χ0v) is 17.4. The average Bonchev–Trinajstić information content (AvgIpc) is 2.60. The van der Waals surface area contributed by atoms with Gasteiger partial charge < -0.3 is 10.6 Å². The van der Waals surface area contributed by atoms with Gasteiger partial charge in [0.25, 0.3) is 11.5 Å². The van der Waals surface area contributed by atoms with Gasteiger partial charge in [0.05, 0.1) is 0 Å². The van der Waals surface area contributed by atoms with Gasteiger partial charge in [-0.05, 0) is 36.6 Å². The van der Waals surface area contributed by atoms with Gasteiger partial charge in [-0.15, -0.1) is 0 Å². The summed E-state index contributed by atoms with van der Waals surface area (Å²) in [6.07, 6.45) is 1.61. The van der Waals surface area contributed by atoms with Crippen molar-refractivity contribution in [2.45, 2.75) is 40.2 Å². The molecule has 0 unspecified atom stereocenters. The van der Waals surface area contributed by atoms with E-state index in [-0.39, 0.29) is 23.3 Å². The monoisotopic (exact) mass is 436 g/mol. The van der Waals surface area contributed by atoms with Crippen LogP contribution in [0.4, 0.5) is 11.5 Å². The Labute approximate surface area is 166 Å². The fourth-order valence-corrected chi connectivity index (χ4v) is 3.03. The van der Waals surface area contributed by atoms with Crippen molar-refractivity contribution in [2.24, 2.45) is 5.92 Å². The van der Waals surface area contributed by atoms with Crippen LogP contribution in [0, 0.1) is 5.92 Å². The molecule has 146 valence electrons. The van der Waals surface area contributed by atoms with Crippen LogP contribution >= 0.6 is 15.9 Å². The summed E-state index contributed by atoms with van der Waals surface area (Å²) < 4.78 is 2.17. The maximum atomic E-state index is 13.1. The van der Waals surface area contributed by atoms with E-state index in [0.29, 0.717) is 18.7 Å². The zero-order valence-electron chi connectivity index (χ0n) is 15.8. The second-order valence-corrected chi connectivity index (χ2v) is 7.73. The van der Waals surface area contributed by atoms with Crippen LogP contribution in [0.1, 0.15) is 44.0 Å². The summed E-state index contributed by atoms with van der Waals surface area (Å²) in [7, 11) is 0. The summed E-state index contributed by atoms with van der Waals surface area (Å²) in [4.78, 5) is 41.5. The van der Waals surface area contributed by atoms with Crippen molar-refractivity contribution in [1.29, 1.82) is 0 Å². The van der Waals surface area contributed by atoms with E-state index in [1.807, 2.05) is 20.8 Å². The Bertz CT molecular complexity index is 916. The lowest BCUT2D eigenvalue weighted by atomic mass is 10.1. The molecule has 0 saturated heterocycles. The quantitative estimate of drug-likeness (QED) is 0.696. The molecule has 27 heavy (non-hydrogen) atoms. The number of unbranched alkanes of at least 4 members (excludes halogenated alkanes) is 1. The molecular weight excluding hydrogens is 412 g/mol. The fraction of sp³-hybridized carbons (Fsp3) is 0.421. The molecule has 8 heteroatoms. The van der Waals surface area contributed by atoms with Gasteiger partial charge in [0.15, 0.2) is 5.69 Å². The third-order valence-electron chi connectivity index (χ3n) is 4.10. The molecular formula is C19H25BrN4O3. The fourth-order valence-electron chi connectivity index (χ4n) is 2.77. The first-order valence-electron chi connectivity index (χ1n) is 8.96. The number of carbonyl (C=O) groups excluding carboxylic acids is 1. The van der Waals surface area contributed by atoms with Crippen LogP contribution in [-0.4, -0.2) is 22.0 Å². The van der Waals surface area contributed by atoms with Crippen molar-refractivity contribution >= 4 is 33.3 Å². The number of anilines is 2. The van der Waals surface area contributed by atoms with Crippen LogP contribution in [-0.2, 0) is 6.54 Å². The summed E-state index contributed by atoms with van der Waals surface area (Å²) in [5.74, 6) is -0.225. The van der Waals surface area contributed by atoms with Crippen molar-refractivity contribution in [2.75, 3.05) is 17.2 Å². The second kappa shape index (κ2) is 9.03. The topological polar surface area (TPSA) is 101 Å². The summed E-state index contributed by atoms with van der Waals surface area (Å²) in [6, 6.07) is 6.88. The molecule has 1 aromatic heterocycles. The molecule has 1 heterocycles. The number of hydrogen-bond acceptors (Lipinski definition) is 4. The summed E-state index contributed by atoms with van der Waals surface area (Å²) in [5, 5.41) is 0. The van der Waals surface area contributed by atoms with Crippen molar-refractivity contribution in [1.82, 2.24) is 9.55 Å². The largest absolute Gasteiger partial charge is 0.383 e. The van der Waals surface area contributed by atoms with Crippen LogP contribution in [0.5, 0.6) is 0 Å². The Balaban J connectivity index is 2.59. The minimum atomic E-state index is -0.656. The van der Waals surface area contributed by atoms with E-state index in [0.717, 1.165) is 17.3 Å². The molecule has 1 aromatic carbocycles. The molecule has 0 saturated carbocycles. The van der Waals surface area contributed by atoms with Crippen LogP contribution in [0.15, 0.2) is 38.3 Å². The normalized spacial score (nSPS) is 11.0. The number of hydrogen-bond donors (Lipinski definition) is 2. The second-order valence-electron chi connectivity index (χ2n) is 6.81. The Morgan fingerprint density at radius 1 is 1.26 bits per heavy atom. The molecule has 0 bridgehead atoms. The highest BCUT2D eigenvalue weighted by atomic mass is 79.9. The van der Waals surface area contributed by atoms with Crippen molar-refractivity contribution < 1.29 is 4.79 Å². The lowest BCUT2D eigenvalue weighted by molar-refractivity contribution is 0.0983. The smallest absolute Gasteiger partial charge is 0.330 e.